The SMILES string of the molecule is CN=C(NCc1cccc(OC)c1OC)N1CCN(c2ccc(F)cc2)CC1. The average molecular weight is 386 g/mol. The zero-order chi connectivity index (χ0) is 19.9. The van der Waals surface area contributed by atoms with Gasteiger partial charge in [0.2, 0.25) is 0 Å². The Morgan fingerprint density at radius 2 is 1.75 bits per heavy atom. The molecule has 0 unspecified atom stereocenters. The molecule has 28 heavy (non-hydrogen) atoms. The molecule has 3 rings (SSSR count). The highest BCUT2D eigenvalue weighted by atomic mass is 19.1. The summed E-state index contributed by atoms with van der Waals surface area (Å²) >= 11 is 0. The van der Waals surface area contributed by atoms with E-state index in [1.807, 2.05) is 30.3 Å². The van der Waals surface area contributed by atoms with Crippen molar-refractivity contribution in [1.82, 2.24) is 10.2 Å². The number of rotatable bonds is 5. The van der Waals surface area contributed by atoms with E-state index < -0.39 is 0 Å². The molecule has 0 bridgehead atoms. The normalized spacial score (nSPS) is 14.8. The van der Waals surface area contributed by atoms with Gasteiger partial charge >= 0.3 is 0 Å². The van der Waals surface area contributed by atoms with Gasteiger partial charge in [0.05, 0.1) is 14.2 Å². The third kappa shape index (κ3) is 4.47. The molecule has 2 aromatic rings. The Morgan fingerprint density at radius 1 is 1.04 bits per heavy atom. The monoisotopic (exact) mass is 386 g/mol. The van der Waals surface area contributed by atoms with Crippen LogP contribution in [0.1, 0.15) is 5.56 Å². The summed E-state index contributed by atoms with van der Waals surface area (Å²) in [6.45, 7) is 3.98. The maximum absolute atomic E-state index is 13.1. The van der Waals surface area contributed by atoms with Gasteiger partial charge in [0.25, 0.3) is 0 Å². The van der Waals surface area contributed by atoms with Gasteiger partial charge in [-0.3, -0.25) is 4.99 Å². The van der Waals surface area contributed by atoms with Crippen molar-refractivity contribution >= 4 is 11.6 Å². The third-order valence-electron chi connectivity index (χ3n) is 4.90. The molecular weight excluding hydrogens is 359 g/mol. The van der Waals surface area contributed by atoms with Gasteiger partial charge in [0.1, 0.15) is 5.82 Å². The van der Waals surface area contributed by atoms with Crippen LogP contribution < -0.4 is 19.7 Å². The van der Waals surface area contributed by atoms with E-state index in [0.29, 0.717) is 12.3 Å². The van der Waals surface area contributed by atoms with E-state index in [9.17, 15) is 4.39 Å². The zero-order valence-corrected chi connectivity index (χ0v) is 16.6. The number of halogens is 1. The fourth-order valence-corrected chi connectivity index (χ4v) is 3.43. The second kappa shape index (κ2) is 9.30. The van der Waals surface area contributed by atoms with E-state index in [1.54, 1.807) is 21.3 Å². The lowest BCUT2D eigenvalue weighted by atomic mass is 10.2. The van der Waals surface area contributed by atoms with Gasteiger partial charge in [-0.15, -0.1) is 0 Å². The lowest BCUT2D eigenvalue weighted by Gasteiger charge is -2.37. The van der Waals surface area contributed by atoms with Gasteiger partial charge in [0, 0.05) is 51.0 Å². The largest absolute Gasteiger partial charge is 0.493 e. The van der Waals surface area contributed by atoms with Crippen LogP contribution in [0.15, 0.2) is 47.5 Å². The summed E-state index contributed by atoms with van der Waals surface area (Å²) in [6, 6.07) is 12.5. The molecule has 2 aromatic carbocycles. The van der Waals surface area contributed by atoms with E-state index in [4.69, 9.17) is 9.47 Å². The molecule has 1 N–H and O–H groups in total. The zero-order valence-electron chi connectivity index (χ0n) is 16.6. The molecule has 1 fully saturated rings. The number of methoxy groups -OCH3 is 2. The summed E-state index contributed by atoms with van der Waals surface area (Å²) in [5.41, 5.74) is 2.05. The van der Waals surface area contributed by atoms with Gasteiger partial charge in [-0.05, 0) is 30.3 Å². The van der Waals surface area contributed by atoms with Gasteiger partial charge in [-0.1, -0.05) is 12.1 Å². The molecule has 1 saturated heterocycles. The molecule has 0 aliphatic carbocycles. The number of para-hydroxylation sites is 1. The smallest absolute Gasteiger partial charge is 0.194 e. The molecule has 0 atom stereocenters. The first kappa shape index (κ1) is 19.8. The minimum Gasteiger partial charge on any atom is -0.493 e. The Balaban J connectivity index is 1.59. The predicted molar refractivity (Wildman–Crippen MR) is 110 cm³/mol. The highest BCUT2D eigenvalue weighted by molar-refractivity contribution is 5.80. The Morgan fingerprint density at radius 3 is 2.36 bits per heavy atom. The second-order valence-electron chi connectivity index (χ2n) is 6.50. The second-order valence-corrected chi connectivity index (χ2v) is 6.50. The minimum absolute atomic E-state index is 0.208. The number of nitrogens with zero attached hydrogens (tertiary/aromatic N) is 3. The highest BCUT2D eigenvalue weighted by Gasteiger charge is 2.20. The number of guanidine groups is 1. The molecule has 1 heterocycles. The lowest BCUT2D eigenvalue weighted by molar-refractivity contribution is 0.350. The molecule has 1 aliphatic heterocycles. The maximum Gasteiger partial charge on any atom is 0.194 e. The molecule has 0 radical (unpaired) electrons. The fraction of sp³-hybridized carbons (Fsp3) is 0.381. The summed E-state index contributed by atoms with van der Waals surface area (Å²) in [5.74, 6) is 2.09. The number of piperazine rings is 1. The Kier molecular flexibility index (Phi) is 6.57. The minimum atomic E-state index is -0.208. The van der Waals surface area contributed by atoms with Crippen molar-refractivity contribution in [2.24, 2.45) is 4.99 Å². The summed E-state index contributed by atoms with van der Waals surface area (Å²) in [6.07, 6.45) is 0. The van der Waals surface area contributed by atoms with Crippen LogP contribution in [0.3, 0.4) is 0 Å². The van der Waals surface area contributed by atoms with E-state index in [2.05, 4.69) is 20.1 Å². The van der Waals surface area contributed by atoms with E-state index in [1.165, 1.54) is 12.1 Å². The van der Waals surface area contributed by atoms with Crippen molar-refractivity contribution in [3.8, 4) is 11.5 Å². The van der Waals surface area contributed by atoms with Crippen molar-refractivity contribution in [3.05, 3.63) is 53.8 Å². The van der Waals surface area contributed by atoms with Crippen molar-refractivity contribution < 1.29 is 13.9 Å². The first-order valence-electron chi connectivity index (χ1n) is 9.32. The van der Waals surface area contributed by atoms with Crippen LogP contribution in [-0.2, 0) is 6.54 Å². The van der Waals surface area contributed by atoms with E-state index in [0.717, 1.165) is 49.1 Å². The number of ether oxygens (including phenoxy) is 2. The standard InChI is InChI=1S/C21H27FN4O2/c1-23-21(24-15-16-5-4-6-19(27-2)20(16)28-3)26-13-11-25(12-14-26)18-9-7-17(22)8-10-18/h4-10H,11-15H2,1-3H3,(H,23,24). The van der Waals surface area contributed by atoms with Crippen molar-refractivity contribution in [2.75, 3.05) is 52.3 Å². The van der Waals surface area contributed by atoms with Crippen LogP contribution in [0.2, 0.25) is 0 Å². The molecule has 0 saturated carbocycles. The number of hydrogen-bond donors (Lipinski definition) is 1. The van der Waals surface area contributed by atoms with Crippen molar-refractivity contribution in [3.63, 3.8) is 0 Å². The number of benzene rings is 2. The Hall–Kier alpha value is -2.96. The van der Waals surface area contributed by atoms with Crippen LogP contribution in [0.4, 0.5) is 10.1 Å². The van der Waals surface area contributed by atoms with Crippen molar-refractivity contribution in [2.45, 2.75) is 6.54 Å². The van der Waals surface area contributed by atoms with Crippen LogP contribution in [0.25, 0.3) is 0 Å². The highest BCUT2D eigenvalue weighted by Crippen LogP contribution is 2.30. The van der Waals surface area contributed by atoms with Crippen LogP contribution in [0.5, 0.6) is 11.5 Å². The fourth-order valence-electron chi connectivity index (χ4n) is 3.43. The summed E-state index contributed by atoms with van der Waals surface area (Å²) in [7, 11) is 5.07. The molecular formula is C21H27FN4O2. The molecule has 6 nitrogen and oxygen atoms in total. The first-order chi connectivity index (χ1) is 13.7. The van der Waals surface area contributed by atoms with E-state index >= 15 is 0 Å². The molecule has 7 heteroatoms. The maximum atomic E-state index is 13.1. The van der Waals surface area contributed by atoms with Gasteiger partial charge < -0.3 is 24.6 Å². The number of hydrogen-bond acceptors (Lipinski definition) is 4. The number of aliphatic imine (C=N–C) groups is 1. The lowest BCUT2D eigenvalue weighted by Crippen LogP contribution is -2.52. The summed E-state index contributed by atoms with van der Waals surface area (Å²) in [4.78, 5) is 8.91. The number of anilines is 1. The third-order valence-corrected chi connectivity index (χ3v) is 4.90. The van der Waals surface area contributed by atoms with Gasteiger partial charge in [0.15, 0.2) is 17.5 Å². The van der Waals surface area contributed by atoms with Crippen LogP contribution in [0, 0.1) is 5.82 Å². The molecule has 150 valence electrons. The van der Waals surface area contributed by atoms with Gasteiger partial charge in [-0.25, -0.2) is 4.39 Å². The quantitative estimate of drug-likeness (QED) is 0.633. The Bertz CT molecular complexity index is 803. The topological polar surface area (TPSA) is 49.3 Å². The predicted octanol–water partition coefficient (Wildman–Crippen LogP) is 2.74. The summed E-state index contributed by atoms with van der Waals surface area (Å²) in [5, 5.41) is 3.42. The summed E-state index contributed by atoms with van der Waals surface area (Å²) < 4.78 is 24.0. The Labute approximate surface area is 165 Å². The van der Waals surface area contributed by atoms with Crippen LogP contribution >= 0.6 is 0 Å². The molecule has 0 spiro atoms. The first-order valence-corrected chi connectivity index (χ1v) is 9.32. The molecule has 0 amide bonds. The number of nitrogens with one attached hydrogen (secondary N) is 1. The van der Waals surface area contributed by atoms with Crippen LogP contribution in [-0.4, -0.2) is 58.3 Å². The van der Waals surface area contributed by atoms with E-state index in [-0.39, 0.29) is 5.82 Å². The van der Waals surface area contributed by atoms with Crippen molar-refractivity contribution in [1.29, 1.82) is 0 Å². The molecule has 0 aromatic heterocycles. The molecule has 1 aliphatic rings. The van der Waals surface area contributed by atoms with Gasteiger partial charge in [-0.2, -0.15) is 0 Å². The average Bonchev–Trinajstić information content (AvgIpc) is 2.75.